The van der Waals surface area contributed by atoms with Gasteiger partial charge in [-0.15, -0.1) is 0 Å². The quantitative estimate of drug-likeness (QED) is 0.698. The van der Waals surface area contributed by atoms with Crippen molar-refractivity contribution in [3.63, 3.8) is 0 Å². The lowest BCUT2D eigenvalue weighted by atomic mass is 9.99. The molecule has 2 aliphatic rings. The number of amides is 3. The SMILES string of the molecule is O=C(NCc1ccccc1)C1=CCCC1C(=O)NC(=O)[C@@H]1CCCN1. The standard InChI is InChI=1S/C19H23N3O3/c23-17(21-12-13-6-2-1-3-7-13)14-8-4-9-15(14)18(24)22-19(25)16-10-5-11-20-16/h1-3,6-8,15-16,20H,4-5,9-12H2,(H,21,23)(H,22,24,25)/t15?,16-/m0/s1. The van der Waals surface area contributed by atoms with Crippen molar-refractivity contribution in [2.24, 2.45) is 5.92 Å². The smallest absolute Gasteiger partial charge is 0.247 e. The van der Waals surface area contributed by atoms with Gasteiger partial charge in [-0.2, -0.15) is 0 Å². The zero-order valence-corrected chi connectivity index (χ0v) is 14.1. The van der Waals surface area contributed by atoms with Gasteiger partial charge in [0.15, 0.2) is 0 Å². The third-order valence-electron chi connectivity index (χ3n) is 4.69. The average Bonchev–Trinajstić information content (AvgIpc) is 3.31. The number of nitrogens with one attached hydrogen (secondary N) is 3. The fourth-order valence-corrected chi connectivity index (χ4v) is 3.31. The van der Waals surface area contributed by atoms with E-state index in [9.17, 15) is 14.4 Å². The van der Waals surface area contributed by atoms with Crippen molar-refractivity contribution in [1.82, 2.24) is 16.0 Å². The predicted molar refractivity (Wildman–Crippen MR) is 93.3 cm³/mol. The van der Waals surface area contributed by atoms with Crippen LogP contribution in [0.4, 0.5) is 0 Å². The Morgan fingerprint density at radius 3 is 2.60 bits per heavy atom. The third kappa shape index (κ3) is 4.33. The highest BCUT2D eigenvalue weighted by molar-refractivity contribution is 6.05. The maximum atomic E-state index is 12.4. The summed E-state index contributed by atoms with van der Waals surface area (Å²) in [7, 11) is 0. The van der Waals surface area contributed by atoms with E-state index in [2.05, 4.69) is 16.0 Å². The minimum absolute atomic E-state index is 0.243. The molecule has 3 rings (SSSR count). The summed E-state index contributed by atoms with van der Waals surface area (Å²) >= 11 is 0. The Morgan fingerprint density at radius 1 is 1.08 bits per heavy atom. The lowest BCUT2D eigenvalue weighted by Crippen LogP contribution is -2.46. The molecule has 1 aliphatic carbocycles. The van der Waals surface area contributed by atoms with Crippen LogP contribution >= 0.6 is 0 Å². The van der Waals surface area contributed by atoms with E-state index in [1.807, 2.05) is 30.3 Å². The summed E-state index contributed by atoms with van der Waals surface area (Å²) in [5.74, 6) is -1.47. The molecule has 0 bridgehead atoms. The van der Waals surface area contributed by atoms with Gasteiger partial charge in [-0.3, -0.25) is 19.7 Å². The van der Waals surface area contributed by atoms with Crippen molar-refractivity contribution in [2.45, 2.75) is 38.3 Å². The van der Waals surface area contributed by atoms with E-state index >= 15 is 0 Å². The lowest BCUT2D eigenvalue weighted by molar-refractivity contribution is -0.134. The first-order valence-electron chi connectivity index (χ1n) is 8.75. The number of allylic oxidation sites excluding steroid dienone is 1. The Balaban J connectivity index is 1.54. The molecule has 1 unspecified atom stereocenters. The molecule has 6 nitrogen and oxygen atoms in total. The zero-order valence-electron chi connectivity index (χ0n) is 14.1. The van der Waals surface area contributed by atoms with Crippen molar-refractivity contribution in [3.8, 4) is 0 Å². The zero-order chi connectivity index (χ0) is 17.6. The second-order valence-electron chi connectivity index (χ2n) is 6.46. The predicted octanol–water partition coefficient (Wildman–Crippen LogP) is 1.03. The van der Waals surface area contributed by atoms with E-state index < -0.39 is 5.92 Å². The topological polar surface area (TPSA) is 87.3 Å². The first-order chi connectivity index (χ1) is 12.1. The van der Waals surface area contributed by atoms with E-state index in [0.29, 0.717) is 25.0 Å². The molecule has 1 aliphatic heterocycles. The Bertz CT molecular complexity index is 678. The summed E-state index contributed by atoms with van der Waals surface area (Å²) < 4.78 is 0. The van der Waals surface area contributed by atoms with Crippen LogP contribution in [0, 0.1) is 5.92 Å². The van der Waals surface area contributed by atoms with Crippen LogP contribution in [0.2, 0.25) is 0 Å². The second-order valence-corrected chi connectivity index (χ2v) is 6.46. The molecule has 2 atom stereocenters. The van der Waals surface area contributed by atoms with E-state index in [1.165, 1.54) is 0 Å². The highest BCUT2D eigenvalue weighted by atomic mass is 16.2. The summed E-state index contributed by atoms with van der Waals surface area (Å²) in [6, 6.07) is 9.30. The molecule has 1 fully saturated rings. The van der Waals surface area contributed by atoms with Gasteiger partial charge < -0.3 is 10.6 Å². The summed E-state index contributed by atoms with van der Waals surface area (Å²) in [5.41, 5.74) is 1.46. The number of carbonyl (C=O) groups is 3. The number of imide groups is 1. The molecule has 0 radical (unpaired) electrons. The summed E-state index contributed by atoms with van der Waals surface area (Å²) in [6.07, 6.45) is 4.70. The van der Waals surface area contributed by atoms with Gasteiger partial charge in [-0.25, -0.2) is 0 Å². The molecule has 1 heterocycles. The van der Waals surface area contributed by atoms with Gasteiger partial charge in [0.25, 0.3) is 0 Å². The van der Waals surface area contributed by atoms with Gasteiger partial charge in [0.1, 0.15) is 0 Å². The van der Waals surface area contributed by atoms with E-state index in [0.717, 1.165) is 24.9 Å². The maximum Gasteiger partial charge on any atom is 0.247 e. The van der Waals surface area contributed by atoms with Crippen molar-refractivity contribution in [1.29, 1.82) is 0 Å². The van der Waals surface area contributed by atoms with Gasteiger partial charge in [0, 0.05) is 12.1 Å². The van der Waals surface area contributed by atoms with Crippen molar-refractivity contribution < 1.29 is 14.4 Å². The van der Waals surface area contributed by atoms with Crippen LogP contribution in [0.15, 0.2) is 42.0 Å². The number of carbonyl (C=O) groups excluding carboxylic acids is 3. The number of rotatable bonds is 5. The molecule has 0 saturated carbocycles. The molecular weight excluding hydrogens is 318 g/mol. The van der Waals surface area contributed by atoms with Gasteiger partial charge in [-0.1, -0.05) is 36.4 Å². The van der Waals surface area contributed by atoms with Crippen LogP contribution in [0.1, 0.15) is 31.2 Å². The van der Waals surface area contributed by atoms with E-state index in [-0.39, 0.29) is 23.8 Å². The first kappa shape index (κ1) is 17.4. The normalized spacial score (nSPS) is 22.3. The average molecular weight is 341 g/mol. The minimum Gasteiger partial charge on any atom is -0.348 e. The van der Waals surface area contributed by atoms with Gasteiger partial charge in [-0.05, 0) is 37.8 Å². The Hall–Kier alpha value is -2.47. The van der Waals surface area contributed by atoms with Gasteiger partial charge >= 0.3 is 0 Å². The molecule has 0 spiro atoms. The number of hydrogen-bond acceptors (Lipinski definition) is 4. The third-order valence-corrected chi connectivity index (χ3v) is 4.69. The molecule has 25 heavy (non-hydrogen) atoms. The van der Waals surface area contributed by atoms with Crippen LogP contribution in [0.5, 0.6) is 0 Å². The first-order valence-corrected chi connectivity index (χ1v) is 8.75. The fourth-order valence-electron chi connectivity index (χ4n) is 3.31. The fraction of sp³-hybridized carbons (Fsp3) is 0.421. The Kier molecular flexibility index (Phi) is 5.60. The van der Waals surface area contributed by atoms with E-state index in [4.69, 9.17) is 0 Å². The van der Waals surface area contributed by atoms with Crippen LogP contribution in [-0.4, -0.2) is 30.3 Å². The maximum absolute atomic E-state index is 12.4. The van der Waals surface area contributed by atoms with Crippen molar-refractivity contribution in [3.05, 3.63) is 47.5 Å². The molecule has 1 aromatic carbocycles. The number of hydrogen-bond donors (Lipinski definition) is 3. The minimum atomic E-state index is -0.555. The van der Waals surface area contributed by atoms with Crippen LogP contribution in [0.3, 0.4) is 0 Å². The molecule has 3 amide bonds. The Morgan fingerprint density at radius 2 is 1.88 bits per heavy atom. The van der Waals surface area contributed by atoms with Gasteiger partial charge in [0.2, 0.25) is 17.7 Å². The van der Waals surface area contributed by atoms with Crippen LogP contribution < -0.4 is 16.0 Å². The summed E-state index contributed by atoms with van der Waals surface area (Å²) in [4.78, 5) is 36.9. The Labute approximate surface area is 147 Å². The molecular formula is C19H23N3O3. The highest BCUT2D eigenvalue weighted by Crippen LogP contribution is 2.26. The van der Waals surface area contributed by atoms with Crippen molar-refractivity contribution in [2.75, 3.05) is 6.54 Å². The molecule has 1 saturated heterocycles. The molecule has 3 N–H and O–H groups in total. The summed E-state index contributed by atoms with van der Waals surface area (Å²) in [6.45, 7) is 1.21. The van der Waals surface area contributed by atoms with Crippen LogP contribution in [-0.2, 0) is 20.9 Å². The molecule has 6 heteroatoms. The second kappa shape index (κ2) is 8.07. The molecule has 1 aromatic rings. The summed E-state index contributed by atoms with van der Waals surface area (Å²) in [5, 5.41) is 8.38. The van der Waals surface area contributed by atoms with E-state index in [1.54, 1.807) is 6.08 Å². The monoisotopic (exact) mass is 341 g/mol. The highest BCUT2D eigenvalue weighted by Gasteiger charge is 2.33. The number of benzene rings is 1. The lowest BCUT2D eigenvalue weighted by Gasteiger charge is -2.16. The van der Waals surface area contributed by atoms with Crippen LogP contribution in [0.25, 0.3) is 0 Å². The molecule has 0 aromatic heterocycles. The molecule has 132 valence electrons. The van der Waals surface area contributed by atoms with Gasteiger partial charge in [0.05, 0.1) is 12.0 Å². The van der Waals surface area contributed by atoms with Crippen molar-refractivity contribution >= 4 is 17.7 Å². The largest absolute Gasteiger partial charge is 0.348 e.